The Morgan fingerprint density at radius 2 is 1.80 bits per heavy atom. The average molecular weight is 295 g/mol. The van der Waals surface area contributed by atoms with Gasteiger partial charge in [0.15, 0.2) is 11.6 Å². The van der Waals surface area contributed by atoms with E-state index in [1.54, 1.807) is 0 Å². The van der Waals surface area contributed by atoms with E-state index in [1.807, 2.05) is 24.3 Å². The molecule has 0 aliphatic rings. The summed E-state index contributed by atoms with van der Waals surface area (Å²) in [6, 6.07) is 7.35. The zero-order chi connectivity index (χ0) is 14.8. The van der Waals surface area contributed by atoms with E-state index >= 15 is 0 Å². The van der Waals surface area contributed by atoms with Gasteiger partial charge < -0.3 is 11.1 Å². The molecule has 3 N–H and O–H groups in total. The summed E-state index contributed by atoms with van der Waals surface area (Å²) < 4.78 is 24.5. The van der Waals surface area contributed by atoms with Crippen LogP contribution in [0.1, 0.15) is 0 Å². The highest BCUT2D eigenvalue weighted by molar-refractivity contribution is 7.89. The molecule has 0 fully saturated rings. The topological polar surface area (TPSA) is 101 Å². The van der Waals surface area contributed by atoms with E-state index in [0.717, 1.165) is 0 Å². The van der Waals surface area contributed by atoms with Crippen LogP contribution in [0.5, 0.6) is 0 Å². The van der Waals surface area contributed by atoms with Crippen LogP contribution in [0.15, 0.2) is 24.3 Å². The predicted octanol–water partition coefficient (Wildman–Crippen LogP) is 0.515. The summed E-state index contributed by atoms with van der Waals surface area (Å²) in [6.07, 6.45) is 0. The van der Waals surface area contributed by atoms with Crippen molar-refractivity contribution in [2.24, 2.45) is 0 Å². The number of fused-ring (bicyclic) bond motifs is 1. The quantitative estimate of drug-likeness (QED) is 0.833. The van der Waals surface area contributed by atoms with E-state index in [-0.39, 0.29) is 18.1 Å². The van der Waals surface area contributed by atoms with Crippen LogP contribution in [-0.2, 0) is 10.0 Å². The second-order valence-electron chi connectivity index (χ2n) is 4.47. The number of nitrogen functional groups attached to an aromatic ring is 1. The smallest absolute Gasteiger partial charge is 0.215 e. The number of hydrogen-bond acceptors (Lipinski definition) is 6. The van der Waals surface area contributed by atoms with Crippen molar-refractivity contribution in [3.05, 3.63) is 24.3 Å². The maximum atomic E-state index is 11.6. The highest BCUT2D eigenvalue weighted by Gasteiger charge is 2.13. The molecule has 1 aromatic carbocycles. The summed E-state index contributed by atoms with van der Waals surface area (Å²) in [7, 11) is -0.243. The lowest BCUT2D eigenvalue weighted by molar-refractivity contribution is 0.521. The number of rotatable bonds is 5. The molecule has 2 aromatic rings. The zero-order valence-electron chi connectivity index (χ0n) is 11.4. The standard InChI is InChI=1S/C12H17N5O2S/c1-17(2)20(18,19)8-7-14-12-11(13)15-9-5-3-4-6-10(9)16-12/h3-6H,7-8H2,1-2H3,(H2,13,15)(H,14,16). The highest BCUT2D eigenvalue weighted by atomic mass is 32.2. The lowest BCUT2D eigenvalue weighted by atomic mass is 10.3. The molecule has 0 saturated carbocycles. The number of hydrogen-bond donors (Lipinski definition) is 2. The van der Waals surface area contributed by atoms with Crippen molar-refractivity contribution in [3.8, 4) is 0 Å². The van der Waals surface area contributed by atoms with Gasteiger partial charge in [-0.1, -0.05) is 12.1 Å². The van der Waals surface area contributed by atoms with Gasteiger partial charge in [-0.25, -0.2) is 22.7 Å². The number of nitrogens with one attached hydrogen (secondary N) is 1. The van der Waals surface area contributed by atoms with Crippen LogP contribution in [0.25, 0.3) is 11.0 Å². The molecule has 8 heteroatoms. The number of sulfonamides is 1. The third-order valence-electron chi connectivity index (χ3n) is 2.81. The van der Waals surface area contributed by atoms with Gasteiger partial charge in [-0.15, -0.1) is 0 Å². The monoisotopic (exact) mass is 295 g/mol. The van der Waals surface area contributed by atoms with Crippen LogP contribution < -0.4 is 11.1 Å². The van der Waals surface area contributed by atoms with Crippen LogP contribution in [0.3, 0.4) is 0 Å². The highest BCUT2D eigenvalue weighted by Crippen LogP contribution is 2.18. The number of aromatic nitrogens is 2. The van der Waals surface area contributed by atoms with Crippen molar-refractivity contribution >= 4 is 32.7 Å². The summed E-state index contributed by atoms with van der Waals surface area (Å²) >= 11 is 0. The Labute approximate surface area is 117 Å². The summed E-state index contributed by atoms with van der Waals surface area (Å²) in [5.41, 5.74) is 7.21. The molecule has 2 rings (SSSR count). The fraction of sp³-hybridized carbons (Fsp3) is 0.333. The van der Waals surface area contributed by atoms with E-state index in [1.165, 1.54) is 18.4 Å². The first-order chi connectivity index (χ1) is 9.40. The summed E-state index contributed by atoms with van der Waals surface area (Å²) in [5, 5.41) is 2.91. The molecule has 0 amide bonds. The maximum absolute atomic E-state index is 11.6. The molecule has 1 aromatic heterocycles. The SMILES string of the molecule is CN(C)S(=O)(=O)CCNc1nc2ccccc2nc1N. The normalized spacial score (nSPS) is 11.9. The third-order valence-corrected chi connectivity index (χ3v) is 4.64. The van der Waals surface area contributed by atoms with Crippen molar-refractivity contribution in [2.45, 2.75) is 0 Å². The predicted molar refractivity (Wildman–Crippen MR) is 79.9 cm³/mol. The molecule has 0 aliphatic heterocycles. The molecule has 0 bridgehead atoms. The number of benzene rings is 1. The minimum absolute atomic E-state index is 0.0338. The number of nitrogens with zero attached hydrogens (tertiary/aromatic N) is 3. The lowest BCUT2D eigenvalue weighted by Crippen LogP contribution is -2.28. The first kappa shape index (κ1) is 14.5. The van der Waals surface area contributed by atoms with E-state index in [2.05, 4.69) is 15.3 Å². The van der Waals surface area contributed by atoms with Crippen molar-refractivity contribution in [2.75, 3.05) is 37.4 Å². The summed E-state index contributed by atoms with van der Waals surface area (Å²) in [5.74, 6) is 0.622. The lowest BCUT2D eigenvalue weighted by Gasteiger charge is -2.12. The third kappa shape index (κ3) is 3.14. The van der Waals surface area contributed by atoms with Crippen LogP contribution in [0.4, 0.5) is 11.6 Å². The van der Waals surface area contributed by atoms with Crippen molar-refractivity contribution in [1.82, 2.24) is 14.3 Å². The molecule has 1 heterocycles. The van der Waals surface area contributed by atoms with E-state index in [9.17, 15) is 8.42 Å². The van der Waals surface area contributed by atoms with Gasteiger partial charge in [-0.05, 0) is 12.1 Å². The molecule has 7 nitrogen and oxygen atoms in total. The van der Waals surface area contributed by atoms with Gasteiger partial charge in [0.1, 0.15) is 0 Å². The average Bonchev–Trinajstić information content (AvgIpc) is 2.39. The van der Waals surface area contributed by atoms with E-state index in [4.69, 9.17) is 5.73 Å². The van der Waals surface area contributed by atoms with Crippen molar-refractivity contribution < 1.29 is 8.42 Å². The van der Waals surface area contributed by atoms with E-state index < -0.39 is 10.0 Å². The Bertz CT molecular complexity index is 715. The summed E-state index contributed by atoms with van der Waals surface area (Å²) in [4.78, 5) is 8.55. The van der Waals surface area contributed by atoms with Gasteiger partial charge in [0, 0.05) is 20.6 Å². The van der Waals surface area contributed by atoms with Gasteiger partial charge in [0.2, 0.25) is 10.0 Å². The van der Waals surface area contributed by atoms with Crippen LogP contribution >= 0.6 is 0 Å². The number of nitrogens with two attached hydrogens (primary N) is 1. The Kier molecular flexibility index (Phi) is 4.05. The van der Waals surface area contributed by atoms with Crippen molar-refractivity contribution in [1.29, 1.82) is 0 Å². The van der Waals surface area contributed by atoms with E-state index in [0.29, 0.717) is 16.9 Å². The molecule has 0 aliphatic carbocycles. The van der Waals surface area contributed by atoms with Gasteiger partial charge in [-0.2, -0.15) is 0 Å². The first-order valence-corrected chi connectivity index (χ1v) is 7.67. The largest absolute Gasteiger partial charge is 0.381 e. The molecule has 108 valence electrons. The van der Waals surface area contributed by atoms with Gasteiger partial charge in [0.05, 0.1) is 16.8 Å². The Morgan fingerprint density at radius 3 is 2.40 bits per heavy atom. The molecule has 20 heavy (non-hydrogen) atoms. The second kappa shape index (κ2) is 5.59. The molecule has 0 spiro atoms. The minimum Gasteiger partial charge on any atom is -0.381 e. The fourth-order valence-corrected chi connectivity index (χ4v) is 2.35. The molecular weight excluding hydrogens is 278 g/mol. The molecule has 0 saturated heterocycles. The van der Waals surface area contributed by atoms with Gasteiger partial charge >= 0.3 is 0 Å². The first-order valence-electron chi connectivity index (χ1n) is 6.06. The minimum atomic E-state index is -3.24. The van der Waals surface area contributed by atoms with Gasteiger partial charge in [0.25, 0.3) is 0 Å². The fourth-order valence-electron chi connectivity index (χ4n) is 1.62. The number of para-hydroxylation sites is 2. The molecule has 0 unspecified atom stereocenters. The van der Waals surface area contributed by atoms with Crippen molar-refractivity contribution in [3.63, 3.8) is 0 Å². The Hall–Kier alpha value is -1.93. The second-order valence-corrected chi connectivity index (χ2v) is 6.77. The Balaban J connectivity index is 2.12. The summed E-state index contributed by atoms with van der Waals surface area (Å²) in [6.45, 7) is 0.220. The molecule has 0 atom stereocenters. The van der Waals surface area contributed by atoms with Gasteiger partial charge in [-0.3, -0.25) is 0 Å². The zero-order valence-corrected chi connectivity index (χ0v) is 12.2. The number of anilines is 2. The maximum Gasteiger partial charge on any atom is 0.215 e. The van der Waals surface area contributed by atoms with Crippen LogP contribution in [0.2, 0.25) is 0 Å². The molecular formula is C12H17N5O2S. The van der Waals surface area contributed by atoms with Crippen LogP contribution in [0, 0.1) is 0 Å². The Morgan fingerprint density at radius 1 is 1.20 bits per heavy atom. The molecule has 0 radical (unpaired) electrons. The van der Waals surface area contributed by atoms with Crippen LogP contribution in [-0.4, -0.2) is 49.1 Å².